The molecule has 226 valence electrons. The van der Waals surface area contributed by atoms with Crippen molar-refractivity contribution in [1.29, 1.82) is 0 Å². The van der Waals surface area contributed by atoms with Crippen LogP contribution >= 0.6 is 0 Å². The van der Waals surface area contributed by atoms with Crippen LogP contribution in [-0.4, -0.2) is 88.7 Å². The lowest BCUT2D eigenvalue weighted by atomic mass is 10.0. The Balaban J connectivity index is 2.13. The van der Waals surface area contributed by atoms with E-state index in [0.717, 1.165) is 10.9 Å². The van der Waals surface area contributed by atoms with E-state index >= 15 is 0 Å². The number of amides is 3. The van der Waals surface area contributed by atoms with Crippen molar-refractivity contribution in [1.82, 2.24) is 20.9 Å². The number of aromatic amines is 1. The number of aliphatic imine (C=N–C) groups is 1. The molecule has 2 rings (SSSR count). The molecule has 2 aromatic rings. The minimum atomic E-state index is -1.39. The molecule has 0 aliphatic heterocycles. The summed E-state index contributed by atoms with van der Waals surface area (Å²) in [6.07, 6.45) is 3.60. The number of H-pyrrole nitrogens is 1. The van der Waals surface area contributed by atoms with E-state index in [-0.39, 0.29) is 31.8 Å². The number of aromatic nitrogens is 1. The van der Waals surface area contributed by atoms with Gasteiger partial charge in [-0.1, -0.05) is 24.6 Å². The standard InChI is InChI=1S/C26H41N9O6/c27-10-4-3-7-17(28)22(37)35-21(14-36)24(39)33-19(9-5-11-31-26(29)30)23(38)34-20(25(40)41)12-15-13-32-18-8-2-1-6-16(15)18/h1-2,6,8,13,17,19-21,32,36H,3-5,7,9-12,14,27-28H2,(H,33,39)(H,34,38)(H,35,37)(H,40,41)(H4,29,30,31). The molecule has 3 amide bonds. The summed E-state index contributed by atoms with van der Waals surface area (Å²) < 4.78 is 0. The van der Waals surface area contributed by atoms with Crippen molar-refractivity contribution in [2.75, 3.05) is 19.7 Å². The molecule has 4 atom stereocenters. The first-order chi connectivity index (χ1) is 19.6. The summed E-state index contributed by atoms with van der Waals surface area (Å²) in [5, 5.41) is 27.8. The molecule has 15 heteroatoms. The highest BCUT2D eigenvalue weighted by Crippen LogP contribution is 2.19. The SMILES string of the molecule is NCCCCC(N)C(=O)NC(CO)C(=O)NC(CCCN=C(N)N)C(=O)NC(Cc1c[nH]c2ccccc12)C(=O)O. The highest BCUT2D eigenvalue weighted by molar-refractivity contribution is 5.94. The fourth-order valence-corrected chi connectivity index (χ4v) is 4.15. The zero-order valence-electron chi connectivity index (χ0n) is 22.8. The van der Waals surface area contributed by atoms with E-state index in [1.54, 1.807) is 6.20 Å². The Bertz CT molecular complexity index is 1200. The number of carboxylic acid groups (broad SMARTS) is 1. The minimum absolute atomic E-state index is 0.0167. The maximum absolute atomic E-state index is 13.2. The molecule has 0 aliphatic carbocycles. The number of nitrogens with zero attached hydrogens (tertiary/aromatic N) is 1. The number of hydrogen-bond acceptors (Lipinski definition) is 8. The van der Waals surface area contributed by atoms with Crippen molar-refractivity contribution in [3.63, 3.8) is 0 Å². The van der Waals surface area contributed by atoms with Crippen LogP contribution in [0.1, 0.15) is 37.7 Å². The predicted octanol–water partition coefficient (Wildman–Crippen LogP) is -2.25. The molecule has 1 heterocycles. The number of guanidine groups is 1. The Morgan fingerprint density at radius 1 is 0.902 bits per heavy atom. The molecule has 14 N–H and O–H groups in total. The number of nitrogens with one attached hydrogen (secondary N) is 4. The molecule has 0 aliphatic rings. The van der Waals surface area contributed by atoms with Crippen LogP contribution in [0.15, 0.2) is 35.5 Å². The van der Waals surface area contributed by atoms with E-state index in [4.69, 9.17) is 22.9 Å². The number of carbonyl (C=O) groups is 4. The van der Waals surface area contributed by atoms with Gasteiger partial charge in [0, 0.05) is 30.1 Å². The van der Waals surface area contributed by atoms with Gasteiger partial charge in [-0.05, 0) is 43.9 Å². The summed E-state index contributed by atoms with van der Waals surface area (Å²) in [6.45, 7) is -0.154. The average Bonchev–Trinajstić information content (AvgIpc) is 3.35. The second kappa shape index (κ2) is 16.8. The number of aliphatic hydroxyl groups is 1. The molecular formula is C26H41N9O6. The van der Waals surface area contributed by atoms with Crippen LogP contribution in [0, 0.1) is 0 Å². The summed E-state index contributed by atoms with van der Waals surface area (Å²) in [4.78, 5) is 57.6. The Kier molecular flexibility index (Phi) is 13.5. The van der Waals surface area contributed by atoms with Crippen molar-refractivity contribution in [2.45, 2.75) is 62.7 Å². The number of unbranched alkanes of at least 4 members (excludes halogenated alkanes) is 1. The van der Waals surface area contributed by atoms with E-state index in [1.807, 2.05) is 24.3 Å². The van der Waals surface area contributed by atoms with Crippen LogP contribution in [-0.2, 0) is 25.6 Å². The molecule has 41 heavy (non-hydrogen) atoms. The van der Waals surface area contributed by atoms with Gasteiger partial charge in [0.25, 0.3) is 0 Å². The summed E-state index contributed by atoms with van der Waals surface area (Å²) in [5.74, 6) is -3.67. The number of nitrogens with two attached hydrogens (primary N) is 4. The summed E-state index contributed by atoms with van der Waals surface area (Å²) >= 11 is 0. The quantitative estimate of drug-likeness (QED) is 0.0518. The Morgan fingerprint density at radius 2 is 1.56 bits per heavy atom. The minimum Gasteiger partial charge on any atom is -0.480 e. The Labute approximate surface area is 237 Å². The van der Waals surface area contributed by atoms with Gasteiger partial charge >= 0.3 is 5.97 Å². The second-order valence-electron chi connectivity index (χ2n) is 9.61. The first-order valence-electron chi connectivity index (χ1n) is 13.4. The van der Waals surface area contributed by atoms with Gasteiger partial charge in [0.15, 0.2) is 5.96 Å². The smallest absolute Gasteiger partial charge is 0.326 e. The molecule has 4 unspecified atom stereocenters. The van der Waals surface area contributed by atoms with Crippen molar-refractivity contribution >= 4 is 40.6 Å². The van der Waals surface area contributed by atoms with Gasteiger partial charge in [-0.2, -0.15) is 0 Å². The summed E-state index contributed by atoms with van der Waals surface area (Å²) in [6, 6.07) is 2.51. The first-order valence-corrected chi connectivity index (χ1v) is 13.4. The number of fused-ring (bicyclic) bond motifs is 1. The lowest BCUT2D eigenvalue weighted by Crippen LogP contribution is -2.58. The maximum atomic E-state index is 13.2. The molecule has 1 aromatic heterocycles. The number of carbonyl (C=O) groups excluding carboxylic acids is 3. The van der Waals surface area contributed by atoms with Crippen molar-refractivity contribution in [3.05, 3.63) is 36.0 Å². The largest absolute Gasteiger partial charge is 0.480 e. The van der Waals surface area contributed by atoms with Crippen LogP contribution < -0.4 is 38.9 Å². The molecule has 0 saturated heterocycles. The summed E-state index contributed by atoms with van der Waals surface area (Å²) in [5.41, 5.74) is 23.5. The third-order valence-electron chi connectivity index (χ3n) is 6.41. The van der Waals surface area contributed by atoms with E-state index in [2.05, 4.69) is 25.9 Å². The summed E-state index contributed by atoms with van der Waals surface area (Å²) in [7, 11) is 0. The molecule has 0 fully saturated rings. The van der Waals surface area contributed by atoms with Crippen molar-refractivity contribution in [3.8, 4) is 0 Å². The zero-order chi connectivity index (χ0) is 30.4. The Hall–Kier alpha value is -4.21. The predicted molar refractivity (Wildman–Crippen MR) is 153 cm³/mol. The number of aliphatic hydroxyl groups excluding tert-OH is 1. The molecule has 0 bridgehead atoms. The fourth-order valence-electron chi connectivity index (χ4n) is 4.15. The lowest BCUT2D eigenvalue weighted by Gasteiger charge is -2.24. The monoisotopic (exact) mass is 575 g/mol. The maximum Gasteiger partial charge on any atom is 0.326 e. The number of benzene rings is 1. The fraction of sp³-hybridized carbons (Fsp3) is 0.500. The number of para-hydroxylation sites is 1. The molecular weight excluding hydrogens is 534 g/mol. The number of hydrogen-bond donors (Lipinski definition) is 10. The zero-order valence-corrected chi connectivity index (χ0v) is 22.8. The molecule has 0 saturated carbocycles. The molecule has 0 spiro atoms. The van der Waals surface area contributed by atoms with Crippen LogP contribution in [0.25, 0.3) is 10.9 Å². The van der Waals surface area contributed by atoms with Gasteiger partial charge in [-0.25, -0.2) is 4.79 Å². The topological polar surface area (TPSA) is 277 Å². The third-order valence-corrected chi connectivity index (χ3v) is 6.41. The lowest BCUT2D eigenvalue weighted by molar-refractivity contribution is -0.142. The van der Waals surface area contributed by atoms with E-state index in [0.29, 0.717) is 31.4 Å². The van der Waals surface area contributed by atoms with Gasteiger partial charge in [-0.15, -0.1) is 0 Å². The van der Waals surface area contributed by atoms with Crippen LogP contribution in [0.2, 0.25) is 0 Å². The van der Waals surface area contributed by atoms with Crippen molar-refractivity contribution < 1.29 is 29.4 Å². The second-order valence-corrected chi connectivity index (χ2v) is 9.61. The highest BCUT2D eigenvalue weighted by atomic mass is 16.4. The first kappa shape index (κ1) is 33.0. The third kappa shape index (κ3) is 10.7. The molecule has 1 aromatic carbocycles. The van der Waals surface area contributed by atoms with E-state index in [1.165, 1.54) is 0 Å². The number of aliphatic carboxylic acids is 1. The van der Waals surface area contributed by atoms with Gasteiger partial charge in [0.1, 0.15) is 18.1 Å². The van der Waals surface area contributed by atoms with Crippen LogP contribution in [0.5, 0.6) is 0 Å². The number of rotatable bonds is 18. The highest BCUT2D eigenvalue weighted by Gasteiger charge is 2.30. The normalized spacial score (nSPS) is 13.9. The van der Waals surface area contributed by atoms with Gasteiger partial charge in [0.2, 0.25) is 17.7 Å². The van der Waals surface area contributed by atoms with E-state index in [9.17, 15) is 29.4 Å². The number of carboxylic acids is 1. The van der Waals surface area contributed by atoms with Gasteiger partial charge in [-0.3, -0.25) is 19.4 Å². The molecule has 0 radical (unpaired) electrons. The van der Waals surface area contributed by atoms with Crippen LogP contribution in [0.3, 0.4) is 0 Å². The van der Waals surface area contributed by atoms with E-state index < -0.39 is 54.5 Å². The van der Waals surface area contributed by atoms with Gasteiger partial charge < -0.3 is 54.1 Å². The van der Waals surface area contributed by atoms with Crippen LogP contribution in [0.4, 0.5) is 0 Å². The average molecular weight is 576 g/mol. The Morgan fingerprint density at radius 3 is 2.22 bits per heavy atom. The molecule has 15 nitrogen and oxygen atoms in total. The van der Waals surface area contributed by atoms with Gasteiger partial charge in [0.05, 0.1) is 12.6 Å². The van der Waals surface area contributed by atoms with Crippen molar-refractivity contribution in [2.24, 2.45) is 27.9 Å².